The van der Waals surface area contributed by atoms with Gasteiger partial charge in [0.1, 0.15) is 0 Å². The molecule has 0 unspecified atom stereocenters. The van der Waals surface area contributed by atoms with Crippen LogP contribution in [0.1, 0.15) is 40.2 Å². The number of aliphatic imine (C=N–C) groups is 1. The van der Waals surface area contributed by atoms with Gasteiger partial charge in [0.2, 0.25) is 5.91 Å². The minimum Gasteiger partial charge on any atom is -0.356 e. The molecule has 2 rings (SSSR count). The zero-order valence-electron chi connectivity index (χ0n) is 16.1. The van der Waals surface area contributed by atoms with Crippen LogP contribution >= 0.6 is 24.0 Å². The molecular weight excluding hydrogens is 431 g/mol. The maximum absolute atomic E-state index is 12.6. The van der Waals surface area contributed by atoms with E-state index < -0.39 is 0 Å². The van der Waals surface area contributed by atoms with Crippen LogP contribution in [0, 0.1) is 0 Å². The van der Waals surface area contributed by atoms with Crippen LogP contribution < -0.4 is 5.32 Å². The Kier molecular flexibility index (Phi) is 7.70. The van der Waals surface area contributed by atoms with Crippen molar-refractivity contribution in [2.24, 2.45) is 12.0 Å². The molecule has 1 amide bonds. The van der Waals surface area contributed by atoms with Crippen LogP contribution in [0.2, 0.25) is 0 Å². The van der Waals surface area contributed by atoms with E-state index in [1.807, 2.05) is 31.3 Å². The van der Waals surface area contributed by atoms with Crippen molar-refractivity contribution < 1.29 is 4.79 Å². The van der Waals surface area contributed by atoms with Gasteiger partial charge in [-0.2, -0.15) is 5.10 Å². The van der Waals surface area contributed by atoms with Gasteiger partial charge in [0, 0.05) is 37.9 Å². The van der Waals surface area contributed by atoms with Crippen molar-refractivity contribution in [3.63, 3.8) is 0 Å². The molecule has 1 aliphatic rings. The molecule has 0 bridgehead atoms. The molecule has 0 radical (unpaired) electrons. The third-order valence-electron chi connectivity index (χ3n) is 4.15. The summed E-state index contributed by atoms with van der Waals surface area (Å²) in [5.41, 5.74) is 0.827. The fourth-order valence-corrected chi connectivity index (χ4v) is 3.46. The van der Waals surface area contributed by atoms with Gasteiger partial charge in [0.05, 0.1) is 24.8 Å². The number of guanidine groups is 1. The number of rotatable bonds is 4. The SMILES string of the molecule is CCNC(=NCc1cnn(C)c1)N1CC(=O)N(C(C)C)C(C)(C)C1.I. The number of aromatic nitrogens is 2. The van der Waals surface area contributed by atoms with Gasteiger partial charge < -0.3 is 15.1 Å². The Morgan fingerprint density at radius 3 is 2.60 bits per heavy atom. The molecule has 1 N–H and O–H groups in total. The van der Waals surface area contributed by atoms with Gasteiger partial charge in [0.25, 0.3) is 0 Å². The molecular formula is C17H31IN6O. The number of carbonyl (C=O) groups excluding carboxylic acids is 1. The summed E-state index contributed by atoms with van der Waals surface area (Å²) in [6, 6.07) is 0.199. The molecule has 0 atom stereocenters. The van der Waals surface area contributed by atoms with E-state index in [4.69, 9.17) is 4.99 Å². The van der Waals surface area contributed by atoms with Gasteiger partial charge in [-0.15, -0.1) is 24.0 Å². The Balaban J connectivity index is 0.00000312. The van der Waals surface area contributed by atoms with E-state index in [0.717, 1.165) is 24.6 Å². The monoisotopic (exact) mass is 462 g/mol. The Morgan fingerprint density at radius 2 is 2.12 bits per heavy atom. The van der Waals surface area contributed by atoms with Crippen molar-refractivity contribution in [3.05, 3.63) is 18.0 Å². The van der Waals surface area contributed by atoms with E-state index in [9.17, 15) is 4.79 Å². The third-order valence-corrected chi connectivity index (χ3v) is 4.15. The highest BCUT2D eigenvalue weighted by molar-refractivity contribution is 14.0. The second-order valence-electron chi connectivity index (χ2n) is 7.22. The normalized spacial score (nSPS) is 17.7. The Bertz CT molecular complexity index is 610. The first kappa shape index (κ1) is 21.7. The number of carbonyl (C=O) groups is 1. The van der Waals surface area contributed by atoms with Crippen molar-refractivity contribution in [3.8, 4) is 0 Å². The van der Waals surface area contributed by atoms with Crippen LogP contribution in [0.3, 0.4) is 0 Å². The number of amides is 1. The summed E-state index contributed by atoms with van der Waals surface area (Å²) in [5, 5.41) is 7.48. The molecule has 1 aromatic rings. The third kappa shape index (κ3) is 5.32. The maximum atomic E-state index is 12.6. The Labute approximate surface area is 167 Å². The van der Waals surface area contributed by atoms with Gasteiger partial charge >= 0.3 is 0 Å². The molecule has 1 fully saturated rings. The van der Waals surface area contributed by atoms with E-state index in [-0.39, 0.29) is 41.5 Å². The predicted molar refractivity (Wildman–Crippen MR) is 111 cm³/mol. The van der Waals surface area contributed by atoms with Crippen LogP contribution in [0.15, 0.2) is 17.4 Å². The Hall–Kier alpha value is -1.32. The Morgan fingerprint density at radius 1 is 1.44 bits per heavy atom. The lowest BCUT2D eigenvalue weighted by Gasteiger charge is -2.49. The quantitative estimate of drug-likeness (QED) is 0.422. The van der Waals surface area contributed by atoms with Gasteiger partial charge in [-0.05, 0) is 34.6 Å². The molecule has 142 valence electrons. The van der Waals surface area contributed by atoms with Gasteiger partial charge in [-0.25, -0.2) is 4.99 Å². The van der Waals surface area contributed by atoms with Gasteiger partial charge in [-0.1, -0.05) is 0 Å². The van der Waals surface area contributed by atoms with Crippen molar-refractivity contribution in [2.75, 3.05) is 19.6 Å². The lowest BCUT2D eigenvalue weighted by molar-refractivity contribution is -0.145. The number of halogens is 1. The van der Waals surface area contributed by atoms with Crippen LogP contribution in [0.4, 0.5) is 0 Å². The van der Waals surface area contributed by atoms with Crippen LogP contribution in [0.25, 0.3) is 0 Å². The van der Waals surface area contributed by atoms with Crippen LogP contribution in [0.5, 0.6) is 0 Å². The minimum atomic E-state index is -0.228. The zero-order valence-corrected chi connectivity index (χ0v) is 18.4. The molecule has 8 heteroatoms. The summed E-state index contributed by atoms with van der Waals surface area (Å²) < 4.78 is 1.77. The fourth-order valence-electron chi connectivity index (χ4n) is 3.46. The first-order valence-electron chi connectivity index (χ1n) is 8.57. The highest BCUT2D eigenvalue weighted by Gasteiger charge is 2.40. The molecule has 0 aromatic carbocycles. The summed E-state index contributed by atoms with van der Waals surface area (Å²) in [6.45, 7) is 12.8. The predicted octanol–water partition coefficient (Wildman–Crippen LogP) is 1.83. The first-order chi connectivity index (χ1) is 11.2. The summed E-state index contributed by atoms with van der Waals surface area (Å²) in [4.78, 5) is 21.4. The second-order valence-corrected chi connectivity index (χ2v) is 7.22. The van der Waals surface area contributed by atoms with Crippen LogP contribution in [-0.2, 0) is 18.4 Å². The number of aryl methyl sites for hydroxylation is 1. The highest BCUT2D eigenvalue weighted by Crippen LogP contribution is 2.24. The molecule has 25 heavy (non-hydrogen) atoms. The number of nitrogens with zero attached hydrogens (tertiary/aromatic N) is 5. The van der Waals surface area contributed by atoms with Crippen molar-refractivity contribution in [2.45, 2.75) is 52.7 Å². The van der Waals surface area contributed by atoms with Gasteiger partial charge in [0.15, 0.2) is 5.96 Å². The summed E-state index contributed by atoms with van der Waals surface area (Å²) in [7, 11) is 1.89. The molecule has 2 heterocycles. The van der Waals surface area contributed by atoms with E-state index in [0.29, 0.717) is 13.1 Å². The second kappa shape index (κ2) is 8.86. The molecule has 1 aromatic heterocycles. The van der Waals surface area contributed by atoms with Crippen molar-refractivity contribution in [1.82, 2.24) is 24.9 Å². The summed E-state index contributed by atoms with van der Waals surface area (Å²) in [6.07, 6.45) is 3.78. The minimum absolute atomic E-state index is 0. The standard InChI is InChI=1S/C17H30N6O.HI/c1-7-18-16(19-8-14-9-20-21(6)10-14)22-11-15(24)23(13(2)3)17(4,5)12-22;/h9-10,13H,7-8,11-12H2,1-6H3,(H,18,19);1H. The van der Waals surface area contributed by atoms with Crippen LogP contribution in [-0.4, -0.2) is 62.7 Å². The molecule has 7 nitrogen and oxygen atoms in total. The molecule has 0 saturated carbocycles. The van der Waals surface area contributed by atoms with Crippen molar-refractivity contribution >= 4 is 35.8 Å². The average molecular weight is 462 g/mol. The lowest BCUT2D eigenvalue weighted by Crippen LogP contribution is -2.66. The number of nitrogens with one attached hydrogen (secondary N) is 1. The molecule has 0 aliphatic carbocycles. The number of hydrogen-bond donors (Lipinski definition) is 1. The largest absolute Gasteiger partial charge is 0.356 e. The molecule has 1 aliphatic heterocycles. The number of piperazine rings is 1. The van der Waals surface area contributed by atoms with Crippen molar-refractivity contribution in [1.29, 1.82) is 0 Å². The zero-order chi connectivity index (χ0) is 17.9. The molecule has 0 spiro atoms. The first-order valence-corrected chi connectivity index (χ1v) is 8.57. The summed E-state index contributed by atoms with van der Waals surface area (Å²) in [5.74, 6) is 0.930. The van der Waals surface area contributed by atoms with E-state index in [1.165, 1.54) is 0 Å². The van der Waals surface area contributed by atoms with E-state index in [2.05, 4.69) is 43.0 Å². The summed E-state index contributed by atoms with van der Waals surface area (Å²) >= 11 is 0. The topological polar surface area (TPSA) is 65.8 Å². The average Bonchev–Trinajstić information content (AvgIpc) is 2.86. The van der Waals surface area contributed by atoms with Gasteiger partial charge in [-0.3, -0.25) is 9.48 Å². The molecule has 1 saturated heterocycles. The fraction of sp³-hybridized carbons (Fsp3) is 0.706. The maximum Gasteiger partial charge on any atom is 0.242 e. The lowest BCUT2D eigenvalue weighted by atomic mass is 9.96. The smallest absolute Gasteiger partial charge is 0.242 e. The number of hydrogen-bond acceptors (Lipinski definition) is 3. The highest BCUT2D eigenvalue weighted by atomic mass is 127. The van der Waals surface area contributed by atoms with E-state index >= 15 is 0 Å². The van der Waals surface area contributed by atoms with E-state index in [1.54, 1.807) is 4.68 Å².